The predicted molar refractivity (Wildman–Crippen MR) is 81.5 cm³/mol. The van der Waals surface area contributed by atoms with Gasteiger partial charge in [-0.25, -0.2) is 0 Å². The summed E-state index contributed by atoms with van der Waals surface area (Å²) >= 11 is 0. The van der Waals surface area contributed by atoms with Crippen molar-refractivity contribution in [3.05, 3.63) is 12.2 Å². The zero-order chi connectivity index (χ0) is 15.3. The second-order valence-electron chi connectivity index (χ2n) is 6.30. The normalized spacial score (nSPS) is 30.3. The summed E-state index contributed by atoms with van der Waals surface area (Å²) < 4.78 is 11.4. The molecule has 0 aromatic heterocycles. The van der Waals surface area contributed by atoms with E-state index in [1.807, 2.05) is 13.8 Å². The highest BCUT2D eigenvalue weighted by molar-refractivity contribution is 5.73. The summed E-state index contributed by atoms with van der Waals surface area (Å²) in [5, 5.41) is 0. The fourth-order valence-corrected chi connectivity index (χ4v) is 3.07. The van der Waals surface area contributed by atoms with Gasteiger partial charge in [-0.15, -0.1) is 0 Å². The number of ether oxygens (including phenoxy) is 2. The third-order valence-corrected chi connectivity index (χ3v) is 4.08. The van der Waals surface area contributed by atoms with Crippen molar-refractivity contribution in [2.75, 3.05) is 6.61 Å². The van der Waals surface area contributed by atoms with E-state index in [0.717, 1.165) is 24.8 Å². The lowest BCUT2D eigenvalue weighted by molar-refractivity contribution is -0.168. The van der Waals surface area contributed by atoms with E-state index in [4.69, 9.17) is 9.47 Å². The Morgan fingerprint density at radius 1 is 1.30 bits per heavy atom. The smallest absolute Gasteiger partial charge is 0.311 e. The molecule has 116 valence electrons. The minimum atomic E-state index is -0.148. The molecule has 0 bridgehead atoms. The van der Waals surface area contributed by atoms with E-state index in [0.29, 0.717) is 12.5 Å². The van der Waals surface area contributed by atoms with Gasteiger partial charge in [0, 0.05) is 5.92 Å². The summed E-state index contributed by atoms with van der Waals surface area (Å²) in [4.78, 5) is 12.1. The van der Waals surface area contributed by atoms with Crippen molar-refractivity contribution >= 4 is 5.97 Å². The van der Waals surface area contributed by atoms with Gasteiger partial charge in [-0.2, -0.15) is 0 Å². The maximum atomic E-state index is 12.1. The Morgan fingerprint density at radius 3 is 2.40 bits per heavy atom. The van der Waals surface area contributed by atoms with Gasteiger partial charge in [-0.05, 0) is 39.0 Å². The van der Waals surface area contributed by atoms with Crippen molar-refractivity contribution in [2.24, 2.45) is 17.8 Å². The Labute approximate surface area is 123 Å². The number of hydrogen-bond donors (Lipinski definition) is 0. The van der Waals surface area contributed by atoms with Crippen molar-refractivity contribution in [2.45, 2.75) is 66.1 Å². The minimum absolute atomic E-state index is 0.0200. The van der Waals surface area contributed by atoms with Crippen LogP contribution in [0.1, 0.15) is 53.9 Å². The van der Waals surface area contributed by atoms with Crippen LogP contribution in [0.5, 0.6) is 0 Å². The van der Waals surface area contributed by atoms with Crippen molar-refractivity contribution in [3.63, 3.8) is 0 Å². The van der Waals surface area contributed by atoms with Crippen LogP contribution < -0.4 is 0 Å². The summed E-state index contributed by atoms with van der Waals surface area (Å²) in [5.41, 5.74) is 1.11. The molecule has 0 amide bonds. The van der Waals surface area contributed by atoms with Crippen LogP contribution in [0.4, 0.5) is 0 Å². The van der Waals surface area contributed by atoms with Crippen molar-refractivity contribution < 1.29 is 14.3 Å². The second kappa shape index (κ2) is 7.82. The zero-order valence-electron chi connectivity index (χ0n) is 13.6. The highest BCUT2D eigenvalue weighted by Gasteiger charge is 2.41. The van der Waals surface area contributed by atoms with Crippen LogP contribution in [0.2, 0.25) is 0 Å². The van der Waals surface area contributed by atoms with Gasteiger partial charge in [0.15, 0.2) is 0 Å². The lowest BCUT2D eigenvalue weighted by atomic mass is 9.77. The molecule has 1 aliphatic rings. The fourth-order valence-electron chi connectivity index (χ4n) is 3.07. The predicted octanol–water partition coefficient (Wildman–Crippen LogP) is 3.97. The highest BCUT2D eigenvalue weighted by atomic mass is 16.5. The molecule has 0 unspecified atom stereocenters. The first kappa shape index (κ1) is 17.2. The molecule has 3 heteroatoms. The molecule has 0 aromatic rings. The topological polar surface area (TPSA) is 35.5 Å². The first-order chi connectivity index (χ1) is 9.40. The summed E-state index contributed by atoms with van der Waals surface area (Å²) in [6, 6.07) is 0. The van der Waals surface area contributed by atoms with Crippen LogP contribution in [0.25, 0.3) is 0 Å². The number of carbonyl (C=O) groups is 1. The maximum Gasteiger partial charge on any atom is 0.311 e. The molecule has 0 radical (unpaired) electrons. The van der Waals surface area contributed by atoms with E-state index in [1.165, 1.54) is 0 Å². The molecular weight excluding hydrogens is 252 g/mol. The van der Waals surface area contributed by atoms with E-state index in [-0.39, 0.29) is 30.0 Å². The lowest BCUT2D eigenvalue weighted by Crippen LogP contribution is -2.45. The fraction of sp³-hybridized carbons (Fsp3) is 0.824. The van der Waals surface area contributed by atoms with Crippen LogP contribution in [0.3, 0.4) is 0 Å². The molecule has 1 rings (SSSR count). The first-order valence-electron chi connectivity index (χ1n) is 7.88. The van der Waals surface area contributed by atoms with Gasteiger partial charge in [0.2, 0.25) is 0 Å². The van der Waals surface area contributed by atoms with Crippen LogP contribution in [-0.4, -0.2) is 24.8 Å². The molecule has 3 nitrogen and oxygen atoms in total. The number of hydrogen-bond acceptors (Lipinski definition) is 3. The van der Waals surface area contributed by atoms with Crippen molar-refractivity contribution in [1.82, 2.24) is 0 Å². The van der Waals surface area contributed by atoms with E-state index in [9.17, 15) is 4.79 Å². The Hall–Kier alpha value is -0.830. The Morgan fingerprint density at radius 2 is 1.95 bits per heavy atom. The van der Waals surface area contributed by atoms with Gasteiger partial charge >= 0.3 is 5.97 Å². The largest absolute Gasteiger partial charge is 0.466 e. The first-order valence-corrected chi connectivity index (χ1v) is 7.88. The van der Waals surface area contributed by atoms with Crippen molar-refractivity contribution in [3.8, 4) is 0 Å². The van der Waals surface area contributed by atoms with Gasteiger partial charge in [0.05, 0.1) is 24.7 Å². The molecular formula is C17H30O3. The standard InChI is InChI=1S/C17H30O3/c1-7-15-14(17(18)19-8-2)10-13(12(5)6)16(20-15)9-11(3)4/h11,13-16H,5,7-10H2,1-4,6H3/t13-,14+,15+,16-/m0/s1. The summed E-state index contributed by atoms with van der Waals surface area (Å²) in [7, 11) is 0. The van der Waals surface area contributed by atoms with Crippen LogP contribution in [0.15, 0.2) is 12.2 Å². The molecule has 0 N–H and O–H groups in total. The average molecular weight is 282 g/mol. The van der Waals surface area contributed by atoms with Gasteiger partial charge in [-0.3, -0.25) is 4.79 Å². The summed E-state index contributed by atoms with van der Waals surface area (Å²) in [6.07, 6.45) is 2.84. The van der Waals surface area contributed by atoms with E-state index < -0.39 is 0 Å². The van der Waals surface area contributed by atoms with Crippen LogP contribution in [-0.2, 0) is 14.3 Å². The van der Waals surface area contributed by atoms with Crippen molar-refractivity contribution in [1.29, 1.82) is 0 Å². The van der Waals surface area contributed by atoms with Gasteiger partial charge in [-0.1, -0.05) is 32.9 Å². The second-order valence-corrected chi connectivity index (χ2v) is 6.30. The molecule has 1 fully saturated rings. The number of carbonyl (C=O) groups excluding carboxylic acids is 1. The molecule has 0 saturated carbocycles. The molecule has 1 saturated heterocycles. The van der Waals surface area contributed by atoms with E-state index in [1.54, 1.807) is 0 Å². The third kappa shape index (κ3) is 4.34. The quantitative estimate of drug-likeness (QED) is 0.546. The maximum absolute atomic E-state index is 12.1. The van der Waals surface area contributed by atoms with Crippen LogP contribution in [0, 0.1) is 17.8 Å². The average Bonchev–Trinajstić information content (AvgIpc) is 2.37. The van der Waals surface area contributed by atoms with E-state index in [2.05, 4.69) is 27.4 Å². The Bertz CT molecular complexity index is 335. The van der Waals surface area contributed by atoms with Gasteiger partial charge in [0.1, 0.15) is 0 Å². The van der Waals surface area contributed by atoms with Crippen LogP contribution >= 0.6 is 0 Å². The number of esters is 1. The Balaban J connectivity index is 2.86. The number of rotatable bonds is 6. The lowest BCUT2D eigenvalue weighted by Gasteiger charge is -2.41. The SMILES string of the molecule is C=C(C)[C@@H]1C[C@@H](C(=O)OCC)[C@@H](CC)O[C@H]1CC(C)C. The zero-order valence-corrected chi connectivity index (χ0v) is 13.6. The van der Waals surface area contributed by atoms with Gasteiger partial charge < -0.3 is 9.47 Å². The molecule has 1 aliphatic heterocycles. The molecule has 1 heterocycles. The summed E-state index contributed by atoms with van der Waals surface area (Å²) in [6.45, 7) is 14.9. The van der Waals surface area contributed by atoms with E-state index >= 15 is 0 Å². The molecule has 0 aromatic carbocycles. The third-order valence-electron chi connectivity index (χ3n) is 4.08. The van der Waals surface area contributed by atoms with Gasteiger partial charge in [0.25, 0.3) is 0 Å². The summed E-state index contributed by atoms with van der Waals surface area (Å²) in [5.74, 6) is 0.576. The molecule has 4 atom stereocenters. The molecule has 20 heavy (non-hydrogen) atoms. The minimum Gasteiger partial charge on any atom is -0.466 e. The Kier molecular flexibility index (Phi) is 6.74. The molecule has 0 aliphatic carbocycles. The highest BCUT2D eigenvalue weighted by Crippen LogP contribution is 2.38. The monoisotopic (exact) mass is 282 g/mol. The molecule has 0 spiro atoms.